The summed E-state index contributed by atoms with van der Waals surface area (Å²) in [5.74, 6) is -1.63. The van der Waals surface area contributed by atoms with Crippen LogP contribution in [0.15, 0.2) is 42.5 Å². The summed E-state index contributed by atoms with van der Waals surface area (Å²) in [6.45, 7) is 0.194. The highest BCUT2D eigenvalue weighted by Crippen LogP contribution is 2.29. The standard InChI is InChI=1S/C17H15FN2O3/c1-23-16(15-13(18)3-2-4-14(15)21)17(22)20-10-12-7-5-11(9-19)6-8-12/h2-8,16,21H,10H2,1H3,(H,20,22)/t16-/m0/s1. The highest BCUT2D eigenvalue weighted by Gasteiger charge is 2.26. The molecule has 0 aliphatic rings. The topological polar surface area (TPSA) is 82.3 Å². The molecule has 5 nitrogen and oxygen atoms in total. The molecule has 2 aromatic carbocycles. The normalized spacial score (nSPS) is 11.5. The van der Waals surface area contributed by atoms with E-state index in [1.165, 1.54) is 19.2 Å². The van der Waals surface area contributed by atoms with Crippen LogP contribution in [0, 0.1) is 17.1 Å². The Bertz CT molecular complexity index is 718. The van der Waals surface area contributed by atoms with Crippen LogP contribution >= 0.6 is 0 Å². The van der Waals surface area contributed by atoms with Gasteiger partial charge in [-0.15, -0.1) is 0 Å². The van der Waals surface area contributed by atoms with Crippen molar-refractivity contribution in [3.8, 4) is 11.8 Å². The van der Waals surface area contributed by atoms with Gasteiger partial charge in [-0.1, -0.05) is 18.2 Å². The summed E-state index contributed by atoms with van der Waals surface area (Å²) in [6, 6.07) is 12.5. The number of methoxy groups -OCH3 is 1. The number of hydrogen-bond acceptors (Lipinski definition) is 4. The molecule has 0 aromatic heterocycles. The summed E-state index contributed by atoms with van der Waals surface area (Å²) >= 11 is 0. The average Bonchev–Trinajstić information content (AvgIpc) is 2.56. The van der Waals surface area contributed by atoms with Gasteiger partial charge in [-0.3, -0.25) is 4.79 Å². The molecule has 0 saturated carbocycles. The van der Waals surface area contributed by atoms with E-state index in [2.05, 4.69) is 5.32 Å². The zero-order valence-corrected chi connectivity index (χ0v) is 12.4. The predicted octanol–water partition coefficient (Wildman–Crippen LogP) is 2.41. The van der Waals surface area contributed by atoms with Gasteiger partial charge >= 0.3 is 0 Å². The van der Waals surface area contributed by atoms with E-state index in [1.54, 1.807) is 24.3 Å². The second-order valence-corrected chi connectivity index (χ2v) is 4.81. The fraction of sp³-hybridized carbons (Fsp3) is 0.176. The largest absolute Gasteiger partial charge is 0.507 e. The summed E-state index contributed by atoms with van der Waals surface area (Å²) in [4.78, 5) is 12.2. The Morgan fingerprint density at radius 2 is 2.04 bits per heavy atom. The van der Waals surface area contributed by atoms with Crippen LogP contribution in [0.1, 0.15) is 22.8 Å². The Kier molecular flexibility index (Phi) is 5.28. The lowest BCUT2D eigenvalue weighted by Gasteiger charge is -2.17. The number of carbonyl (C=O) groups is 1. The number of aromatic hydroxyl groups is 1. The lowest BCUT2D eigenvalue weighted by molar-refractivity contribution is -0.131. The first kappa shape index (κ1) is 16.5. The molecule has 0 radical (unpaired) electrons. The molecule has 1 amide bonds. The number of phenolic OH excluding ortho intramolecular Hbond substituents is 1. The molecule has 23 heavy (non-hydrogen) atoms. The lowest BCUT2D eigenvalue weighted by atomic mass is 10.1. The molecule has 0 spiro atoms. The van der Waals surface area contributed by atoms with Crippen molar-refractivity contribution >= 4 is 5.91 Å². The van der Waals surface area contributed by atoms with Crippen molar-refractivity contribution < 1.29 is 19.0 Å². The van der Waals surface area contributed by atoms with Gasteiger partial charge in [-0.2, -0.15) is 5.26 Å². The number of benzene rings is 2. The van der Waals surface area contributed by atoms with Crippen molar-refractivity contribution in [3.05, 3.63) is 65.0 Å². The van der Waals surface area contributed by atoms with Crippen molar-refractivity contribution in [2.24, 2.45) is 0 Å². The number of ether oxygens (including phenoxy) is 1. The van der Waals surface area contributed by atoms with Gasteiger partial charge in [0.1, 0.15) is 11.6 Å². The first-order chi connectivity index (χ1) is 11.1. The number of nitrogens with one attached hydrogen (secondary N) is 1. The first-order valence-corrected chi connectivity index (χ1v) is 6.83. The van der Waals surface area contributed by atoms with Gasteiger partial charge < -0.3 is 15.2 Å². The van der Waals surface area contributed by atoms with E-state index >= 15 is 0 Å². The molecule has 0 fully saturated rings. The maximum absolute atomic E-state index is 13.8. The maximum atomic E-state index is 13.8. The molecule has 0 heterocycles. The second kappa shape index (κ2) is 7.38. The van der Waals surface area contributed by atoms with Crippen molar-refractivity contribution in [1.29, 1.82) is 5.26 Å². The molecule has 2 aromatic rings. The van der Waals surface area contributed by atoms with E-state index in [0.717, 1.165) is 11.6 Å². The van der Waals surface area contributed by atoms with Crippen LogP contribution in [0.3, 0.4) is 0 Å². The Morgan fingerprint density at radius 3 is 2.61 bits per heavy atom. The van der Waals surface area contributed by atoms with Gasteiger partial charge in [-0.05, 0) is 29.8 Å². The quantitative estimate of drug-likeness (QED) is 0.888. The van der Waals surface area contributed by atoms with Crippen LogP contribution in [0.25, 0.3) is 0 Å². The molecule has 2 N–H and O–H groups in total. The molecule has 0 saturated heterocycles. The second-order valence-electron chi connectivity index (χ2n) is 4.81. The van der Waals surface area contributed by atoms with Crippen LogP contribution in [0.5, 0.6) is 5.75 Å². The number of nitrogens with zero attached hydrogens (tertiary/aromatic N) is 1. The van der Waals surface area contributed by atoms with E-state index in [9.17, 15) is 14.3 Å². The van der Waals surface area contributed by atoms with E-state index in [0.29, 0.717) is 5.56 Å². The molecular formula is C17H15FN2O3. The zero-order valence-electron chi connectivity index (χ0n) is 12.4. The number of halogens is 1. The van der Waals surface area contributed by atoms with Gasteiger partial charge in [0.05, 0.1) is 17.2 Å². The van der Waals surface area contributed by atoms with Gasteiger partial charge in [0, 0.05) is 13.7 Å². The van der Waals surface area contributed by atoms with E-state index in [1.807, 2.05) is 6.07 Å². The molecule has 0 aliphatic heterocycles. The number of amides is 1. The van der Waals surface area contributed by atoms with Gasteiger partial charge in [0.25, 0.3) is 5.91 Å². The predicted molar refractivity (Wildman–Crippen MR) is 80.8 cm³/mol. The number of rotatable bonds is 5. The lowest BCUT2D eigenvalue weighted by Crippen LogP contribution is -2.30. The Morgan fingerprint density at radius 1 is 1.35 bits per heavy atom. The SMILES string of the molecule is CO[C@H](C(=O)NCc1ccc(C#N)cc1)c1c(O)cccc1F. The summed E-state index contributed by atoms with van der Waals surface area (Å²) < 4.78 is 18.9. The molecule has 2 rings (SSSR count). The van der Waals surface area contributed by atoms with Crippen LogP contribution in [0.4, 0.5) is 4.39 Å². The van der Waals surface area contributed by atoms with Crippen molar-refractivity contribution in [3.63, 3.8) is 0 Å². The number of nitriles is 1. The van der Waals surface area contributed by atoms with Crippen molar-refractivity contribution in [2.45, 2.75) is 12.6 Å². The smallest absolute Gasteiger partial charge is 0.254 e. The van der Waals surface area contributed by atoms with Crippen molar-refractivity contribution in [1.82, 2.24) is 5.32 Å². The molecule has 0 unspecified atom stereocenters. The van der Waals surface area contributed by atoms with Gasteiger partial charge in [0.2, 0.25) is 0 Å². The van der Waals surface area contributed by atoms with Crippen LogP contribution < -0.4 is 5.32 Å². The molecule has 1 atom stereocenters. The van der Waals surface area contributed by atoms with Gasteiger partial charge in [-0.25, -0.2) is 4.39 Å². The number of hydrogen-bond donors (Lipinski definition) is 2. The van der Waals surface area contributed by atoms with Crippen LogP contribution in [-0.2, 0) is 16.1 Å². The monoisotopic (exact) mass is 314 g/mol. The van der Waals surface area contributed by atoms with E-state index in [-0.39, 0.29) is 17.9 Å². The fourth-order valence-corrected chi connectivity index (χ4v) is 2.12. The minimum atomic E-state index is -1.26. The molecular weight excluding hydrogens is 299 g/mol. The molecule has 118 valence electrons. The van der Waals surface area contributed by atoms with E-state index in [4.69, 9.17) is 10.00 Å². The minimum absolute atomic E-state index is 0.194. The number of phenols is 1. The van der Waals surface area contributed by atoms with Gasteiger partial charge in [0.15, 0.2) is 6.10 Å². The fourth-order valence-electron chi connectivity index (χ4n) is 2.12. The zero-order chi connectivity index (χ0) is 16.8. The third kappa shape index (κ3) is 3.84. The highest BCUT2D eigenvalue weighted by molar-refractivity contribution is 5.83. The summed E-state index contributed by atoms with van der Waals surface area (Å²) in [6.07, 6.45) is -1.26. The Balaban J connectivity index is 2.10. The Labute approximate surface area is 132 Å². The maximum Gasteiger partial charge on any atom is 0.254 e. The molecule has 6 heteroatoms. The summed E-state index contributed by atoms with van der Waals surface area (Å²) in [7, 11) is 1.26. The number of carbonyl (C=O) groups excluding carboxylic acids is 1. The van der Waals surface area contributed by atoms with Crippen LogP contribution in [-0.4, -0.2) is 18.1 Å². The minimum Gasteiger partial charge on any atom is -0.507 e. The first-order valence-electron chi connectivity index (χ1n) is 6.83. The average molecular weight is 314 g/mol. The van der Waals surface area contributed by atoms with Crippen molar-refractivity contribution in [2.75, 3.05) is 7.11 Å². The molecule has 0 bridgehead atoms. The summed E-state index contributed by atoms with van der Waals surface area (Å²) in [5.41, 5.74) is 1.10. The highest BCUT2D eigenvalue weighted by atomic mass is 19.1. The van der Waals surface area contributed by atoms with Crippen LogP contribution in [0.2, 0.25) is 0 Å². The third-order valence-electron chi connectivity index (χ3n) is 3.32. The Hall–Kier alpha value is -2.91. The van der Waals surface area contributed by atoms with E-state index < -0.39 is 17.8 Å². The molecule has 0 aliphatic carbocycles. The summed E-state index contributed by atoms with van der Waals surface area (Å²) in [5, 5.41) is 21.1. The third-order valence-corrected chi connectivity index (χ3v) is 3.32.